The second-order valence-corrected chi connectivity index (χ2v) is 6.63. The number of hydrogen-bond donors (Lipinski definition) is 1. The molecule has 0 bridgehead atoms. The number of methoxy groups -OCH3 is 1. The highest BCUT2D eigenvalue weighted by molar-refractivity contribution is 9.11. The molecule has 0 aliphatic carbocycles. The van der Waals surface area contributed by atoms with Crippen molar-refractivity contribution < 1.29 is 4.74 Å². The topological polar surface area (TPSA) is 35.2 Å². The van der Waals surface area contributed by atoms with E-state index >= 15 is 0 Å². The van der Waals surface area contributed by atoms with Crippen LogP contribution in [0.5, 0.6) is 5.75 Å². The molecule has 0 aliphatic heterocycles. The van der Waals surface area contributed by atoms with Crippen molar-refractivity contribution in [3.63, 3.8) is 0 Å². The SMILES string of the molecule is COc1cc(C)c(C(N)c2csc(Br)c2)cc1C. The molecule has 18 heavy (non-hydrogen) atoms. The van der Waals surface area contributed by atoms with Crippen LogP contribution < -0.4 is 10.5 Å². The molecule has 1 unspecified atom stereocenters. The van der Waals surface area contributed by atoms with E-state index in [9.17, 15) is 0 Å². The smallest absolute Gasteiger partial charge is 0.122 e. The molecule has 1 heterocycles. The van der Waals surface area contributed by atoms with E-state index in [1.807, 2.05) is 13.0 Å². The highest BCUT2D eigenvalue weighted by Gasteiger charge is 2.15. The predicted molar refractivity (Wildman–Crippen MR) is 80.5 cm³/mol. The maximum absolute atomic E-state index is 6.34. The summed E-state index contributed by atoms with van der Waals surface area (Å²) in [5.41, 5.74) is 10.9. The van der Waals surface area contributed by atoms with Gasteiger partial charge in [-0.2, -0.15) is 0 Å². The van der Waals surface area contributed by atoms with Gasteiger partial charge in [0.05, 0.1) is 16.9 Å². The van der Waals surface area contributed by atoms with Gasteiger partial charge in [-0.3, -0.25) is 0 Å². The third-order valence-electron chi connectivity index (χ3n) is 3.07. The molecule has 96 valence electrons. The Bertz CT molecular complexity index is 565. The van der Waals surface area contributed by atoms with Crippen molar-refractivity contribution in [3.05, 3.63) is 49.6 Å². The van der Waals surface area contributed by atoms with E-state index in [1.165, 1.54) is 0 Å². The lowest BCUT2D eigenvalue weighted by Gasteiger charge is -2.16. The minimum absolute atomic E-state index is 0.0860. The van der Waals surface area contributed by atoms with Crippen LogP contribution in [0, 0.1) is 13.8 Å². The predicted octanol–water partition coefficient (Wildman–Crippen LogP) is 4.18. The van der Waals surface area contributed by atoms with Crippen molar-refractivity contribution in [2.45, 2.75) is 19.9 Å². The summed E-state index contributed by atoms with van der Waals surface area (Å²) in [6.45, 7) is 4.11. The molecule has 4 heteroatoms. The highest BCUT2D eigenvalue weighted by Crippen LogP contribution is 2.32. The standard InChI is InChI=1S/C14H16BrNOS/c1-8-5-12(17-3)9(2)4-11(8)14(16)10-6-13(15)18-7-10/h4-7,14H,16H2,1-3H3. The molecule has 0 saturated heterocycles. The number of rotatable bonds is 3. The van der Waals surface area contributed by atoms with Crippen molar-refractivity contribution in [1.29, 1.82) is 0 Å². The zero-order valence-corrected chi connectivity index (χ0v) is 13.1. The fourth-order valence-electron chi connectivity index (χ4n) is 2.03. The van der Waals surface area contributed by atoms with Gasteiger partial charge in [0.1, 0.15) is 5.75 Å². The molecule has 2 aromatic rings. The van der Waals surface area contributed by atoms with Gasteiger partial charge in [-0.05, 0) is 69.5 Å². The Morgan fingerprint density at radius 2 is 1.94 bits per heavy atom. The molecule has 1 atom stereocenters. The second-order valence-electron chi connectivity index (χ2n) is 4.34. The number of hydrogen-bond acceptors (Lipinski definition) is 3. The fraction of sp³-hybridized carbons (Fsp3) is 0.286. The van der Waals surface area contributed by atoms with Gasteiger partial charge in [0.2, 0.25) is 0 Å². The molecular weight excluding hydrogens is 310 g/mol. The van der Waals surface area contributed by atoms with Gasteiger partial charge >= 0.3 is 0 Å². The van der Waals surface area contributed by atoms with Gasteiger partial charge < -0.3 is 10.5 Å². The van der Waals surface area contributed by atoms with E-state index < -0.39 is 0 Å². The van der Waals surface area contributed by atoms with Crippen LogP contribution in [0.1, 0.15) is 28.3 Å². The third-order valence-corrected chi connectivity index (χ3v) is 4.59. The van der Waals surface area contributed by atoms with Gasteiger partial charge in [0.25, 0.3) is 0 Å². The first-order chi connectivity index (χ1) is 8.52. The molecule has 1 aromatic carbocycles. The van der Waals surface area contributed by atoms with Crippen LogP contribution in [0.25, 0.3) is 0 Å². The number of ether oxygens (including phenoxy) is 1. The normalized spacial score (nSPS) is 12.5. The number of thiophene rings is 1. The van der Waals surface area contributed by atoms with Gasteiger partial charge in [-0.1, -0.05) is 6.07 Å². The van der Waals surface area contributed by atoms with E-state index in [0.717, 1.165) is 31.8 Å². The first-order valence-corrected chi connectivity index (χ1v) is 7.35. The van der Waals surface area contributed by atoms with Gasteiger partial charge in [0.15, 0.2) is 0 Å². The first-order valence-electron chi connectivity index (χ1n) is 5.67. The van der Waals surface area contributed by atoms with Crippen LogP contribution in [0.15, 0.2) is 27.4 Å². The third kappa shape index (κ3) is 2.60. The van der Waals surface area contributed by atoms with Crippen LogP contribution in [-0.4, -0.2) is 7.11 Å². The van der Waals surface area contributed by atoms with E-state index in [4.69, 9.17) is 10.5 Å². The Balaban J connectivity index is 2.42. The molecule has 2 rings (SSSR count). The molecule has 0 amide bonds. The molecule has 0 saturated carbocycles. The van der Waals surface area contributed by atoms with Crippen LogP contribution in [0.4, 0.5) is 0 Å². The van der Waals surface area contributed by atoms with Crippen molar-refractivity contribution in [2.24, 2.45) is 5.73 Å². The Morgan fingerprint density at radius 3 is 2.50 bits per heavy atom. The Morgan fingerprint density at radius 1 is 1.22 bits per heavy atom. The maximum atomic E-state index is 6.34. The molecule has 1 aromatic heterocycles. The van der Waals surface area contributed by atoms with E-state index in [0.29, 0.717) is 0 Å². The molecule has 0 spiro atoms. The molecule has 0 fully saturated rings. The summed E-state index contributed by atoms with van der Waals surface area (Å²) in [6, 6.07) is 6.15. The molecule has 2 nitrogen and oxygen atoms in total. The number of nitrogens with two attached hydrogens (primary N) is 1. The number of halogens is 1. The zero-order valence-electron chi connectivity index (χ0n) is 10.7. The Labute approximate surface area is 120 Å². The maximum Gasteiger partial charge on any atom is 0.122 e. The van der Waals surface area contributed by atoms with Gasteiger partial charge in [-0.25, -0.2) is 0 Å². The van der Waals surface area contributed by atoms with Crippen molar-refractivity contribution in [2.75, 3.05) is 7.11 Å². The van der Waals surface area contributed by atoms with Crippen molar-refractivity contribution in [1.82, 2.24) is 0 Å². The van der Waals surface area contributed by atoms with Gasteiger partial charge in [-0.15, -0.1) is 11.3 Å². The average molecular weight is 326 g/mol. The summed E-state index contributed by atoms with van der Waals surface area (Å²) in [7, 11) is 1.69. The number of benzene rings is 1. The fourth-order valence-corrected chi connectivity index (χ4v) is 3.25. The van der Waals surface area contributed by atoms with Crippen molar-refractivity contribution >= 4 is 27.3 Å². The van der Waals surface area contributed by atoms with E-state index in [1.54, 1.807) is 18.4 Å². The molecular formula is C14H16BrNOS. The van der Waals surface area contributed by atoms with E-state index in [2.05, 4.69) is 40.4 Å². The largest absolute Gasteiger partial charge is 0.496 e. The quantitative estimate of drug-likeness (QED) is 0.918. The van der Waals surface area contributed by atoms with Gasteiger partial charge in [0, 0.05) is 0 Å². The summed E-state index contributed by atoms with van der Waals surface area (Å²) in [6.07, 6.45) is 0. The second kappa shape index (κ2) is 5.43. The summed E-state index contributed by atoms with van der Waals surface area (Å²) in [5.74, 6) is 0.912. The lowest BCUT2D eigenvalue weighted by atomic mass is 9.95. The summed E-state index contributed by atoms with van der Waals surface area (Å²) < 4.78 is 6.43. The lowest BCUT2D eigenvalue weighted by Crippen LogP contribution is -2.13. The van der Waals surface area contributed by atoms with Crippen molar-refractivity contribution in [3.8, 4) is 5.75 Å². The Kier molecular flexibility index (Phi) is 4.10. The zero-order chi connectivity index (χ0) is 13.3. The van der Waals surface area contributed by atoms with Crippen LogP contribution in [0.2, 0.25) is 0 Å². The summed E-state index contributed by atoms with van der Waals surface area (Å²) in [4.78, 5) is 0. The summed E-state index contributed by atoms with van der Waals surface area (Å²) >= 11 is 5.13. The minimum atomic E-state index is -0.0860. The molecule has 0 aliphatic rings. The average Bonchev–Trinajstić information content (AvgIpc) is 2.77. The van der Waals surface area contributed by atoms with Crippen LogP contribution in [0.3, 0.4) is 0 Å². The first kappa shape index (κ1) is 13.6. The van der Waals surface area contributed by atoms with Crippen LogP contribution >= 0.6 is 27.3 Å². The lowest BCUT2D eigenvalue weighted by molar-refractivity contribution is 0.411. The monoisotopic (exact) mass is 325 g/mol. The molecule has 2 N–H and O–H groups in total. The summed E-state index contributed by atoms with van der Waals surface area (Å²) in [5, 5.41) is 2.09. The highest BCUT2D eigenvalue weighted by atomic mass is 79.9. The minimum Gasteiger partial charge on any atom is -0.496 e. The van der Waals surface area contributed by atoms with E-state index in [-0.39, 0.29) is 6.04 Å². The molecule has 0 radical (unpaired) electrons. The van der Waals surface area contributed by atoms with Crippen LogP contribution in [-0.2, 0) is 0 Å². The Hall–Kier alpha value is -0.840. The number of aryl methyl sites for hydroxylation is 2.